The standard InChI is InChI=1S/C15H17N3O3/c1-10-6-12-13(8-17-10)14(18(19)20)2-3-15(12)21-9-11-4-5-16-7-11/h2-3,6,8,11,16H,4-5,7,9H2,1H3. The summed E-state index contributed by atoms with van der Waals surface area (Å²) in [5, 5.41) is 15.7. The molecule has 1 unspecified atom stereocenters. The number of hydrogen-bond acceptors (Lipinski definition) is 5. The van der Waals surface area contributed by atoms with E-state index in [-0.39, 0.29) is 10.6 Å². The van der Waals surface area contributed by atoms with E-state index in [1.54, 1.807) is 12.3 Å². The molecule has 1 fully saturated rings. The molecule has 1 aliphatic rings. The molecule has 1 aromatic carbocycles. The smallest absolute Gasteiger partial charge is 0.279 e. The van der Waals surface area contributed by atoms with Crippen LogP contribution >= 0.6 is 0 Å². The van der Waals surface area contributed by atoms with E-state index in [0.29, 0.717) is 23.7 Å². The van der Waals surface area contributed by atoms with Gasteiger partial charge in [-0.05, 0) is 32.0 Å². The van der Waals surface area contributed by atoms with Gasteiger partial charge in [0.05, 0.1) is 16.9 Å². The van der Waals surface area contributed by atoms with Crippen molar-refractivity contribution in [1.82, 2.24) is 10.3 Å². The minimum absolute atomic E-state index is 0.0624. The maximum absolute atomic E-state index is 11.1. The molecule has 21 heavy (non-hydrogen) atoms. The van der Waals surface area contributed by atoms with E-state index in [1.165, 1.54) is 6.07 Å². The van der Waals surface area contributed by atoms with Crippen LogP contribution in [0.15, 0.2) is 24.4 Å². The summed E-state index contributed by atoms with van der Waals surface area (Å²) in [5.74, 6) is 1.19. The van der Waals surface area contributed by atoms with Crippen LogP contribution < -0.4 is 10.1 Å². The van der Waals surface area contributed by atoms with E-state index >= 15 is 0 Å². The van der Waals surface area contributed by atoms with Crippen molar-refractivity contribution in [2.24, 2.45) is 5.92 Å². The maximum Gasteiger partial charge on any atom is 0.279 e. The number of fused-ring (bicyclic) bond motifs is 1. The van der Waals surface area contributed by atoms with Gasteiger partial charge in [0, 0.05) is 35.8 Å². The summed E-state index contributed by atoms with van der Waals surface area (Å²) in [7, 11) is 0. The van der Waals surface area contributed by atoms with E-state index in [2.05, 4.69) is 10.3 Å². The number of pyridine rings is 1. The molecule has 1 aromatic heterocycles. The lowest BCUT2D eigenvalue weighted by Gasteiger charge is -2.13. The highest BCUT2D eigenvalue weighted by Crippen LogP contribution is 2.33. The second-order valence-corrected chi connectivity index (χ2v) is 5.38. The SMILES string of the molecule is Cc1cc2c(OCC3CCNC3)ccc([N+](=O)[O-])c2cn1. The number of ether oxygens (including phenoxy) is 1. The van der Waals surface area contributed by atoms with Crippen molar-refractivity contribution in [2.45, 2.75) is 13.3 Å². The van der Waals surface area contributed by atoms with Crippen LogP contribution in [0.4, 0.5) is 5.69 Å². The third kappa shape index (κ3) is 2.80. The second kappa shape index (κ2) is 5.65. The summed E-state index contributed by atoms with van der Waals surface area (Å²) in [6.45, 7) is 4.48. The van der Waals surface area contributed by atoms with Gasteiger partial charge in [0.25, 0.3) is 5.69 Å². The molecule has 2 heterocycles. The minimum Gasteiger partial charge on any atom is -0.493 e. The van der Waals surface area contributed by atoms with Crippen LogP contribution in [0.25, 0.3) is 10.8 Å². The molecule has 6 heteroatoms. The highest BCUT2D eigenvalue weighted by Gasteiger charge is 2.18. The number of nitro benzene ring substituents is 1. The van der Waals surface area contributed by atoms with Crippen molar-refractivity contribution in [1.29, 1.82) is 0 Å². The van der Waals surface area contributed by atoms with Crippen molar-refractivity contribution in [2.75, 3.05) is 19.7 Å². The van der Waals surface area contributed by atoms with Gasteiger partial charge in [-0.3, -0.25) is 15.1 Å². The molecule has 110 valence electrons. The number of benzene rings is 1. The number of rotatable bonds is 4. The average Bonchev–Trinajstić information content (AvgIpc) is 2.97. The Balaban J connectivity index is 1.96. The highest BCUT2D eigenvalue weighted by molar-refractivity contribution is 5.95. The van der Waals surface area contributed by atoms with E-state index in [0.717, 1.165) is 30.6 Å². The molecule has 1 aliphatic heterocycles. The maximum atomic E-state index is 11.1. The molecular weight excluding hydrogens is 270 g/mol. The van der Waals surface area contributed by atoms with Gasteiger partial charge in [0.15, 0.2) is 0 Å². The fourth-order valence-corrected chi connectivity index (χ4v) is 2.65. The van der Waals surface area contributed by atoms with Crippen molar-refractivity contribution < 1.29 is 9.66 Å². The lowest BCUT2D eigenvalue weighted by atomic mass is 10.1. The molecule has 2 aromatic rings. The average molecular weight is 287 g/mol. The molecule has 1 atom stereocenters. The van der Waals surface area contributed by atoms with Crippen molar-refractivity contribution in [3.63, 3.8) is 0 Å². The largest absolute Gasteiger partial charge is 0.493 e. The summed E-state index contributed by atoms with van der Waals surface area (Å²) < 4.78 is 5.90. The molecule has 6 nitrogen and oxygen atoms in total. The predicted octanol–water partition coefficient (Wildman–Crippen LogP) is 2.44. The zero-order valence-electron chi connectivity index (χ0n) is 11.8. The first-order valence-electron chi connectivity index (χ1n) is 7.02. The lowest BCUT2D eigenvalue weighted by molar-refractivity contribution is -0.383. The molecule has 0 bridgehead atoms. The number of aromatic nitrogens is 1. The summed E-state index contributed by atoms with van der Waals surface area (Å²) in [6, 6.07) is 5.01. The van der Waals surface area contributed by atoms with Crippen molar-refractivity contribution in [3.05, 3.63) is 40.2 Å². The first-order valence-corrected chi connectivity index (χ1v) is 7.02. The minimum atomic E-state index is -0.385. The van der Waals surface area contributed by atoms with Gasteiger partial charge in [0.1, 0.15) is 5.75 Å². The van der Waals surface area contributed by atoms with Gasteiger partial charge in [-0.25, -0.2) is 0 Å². The highest BCUT2D eigenvalue weighted by atomic mass is 16.6. The third-order valence-corrected chi connectivity index (χ3v) is 3.81. The Labute approximate surface area is 122 Å². The van der Waals surface area contributed by atoms with Crippen LogP contribution in [0.2, 0.25) is 0 Å². The summed E-state index contributed by atoms with van der Waals surface area (Å²) in [6.07, 6.45) is 2.65. The summed E-state index contributed by atoms with van der Waals surface area (Å²) in [5.41, 5.74) is 0.878. The van der Waals surface area contributed by atoms with Crippen molar-refractivity contribution in [3.8, 4) is 5.75 Å². The number of hydrogen-bond donors (Lipinski definition) is 1. The first kappa shape index (κ1) is 13.8. The zero-order valence-corrected chi connectivity index (χ0v) is 11.8. The van der Waals surface area contributed by atoms with E-state index < -0.39 is 0 Å². The Hall–Kier alpha value is -2.21. The lowest BCUT2D eigenvalue weighted by Crippen LogP contribution is -2.15. The molecule has 0 radical (unpaired) electrons. The van der Waals surface area contributed by atoms with Crippen LogP contribution in [0, 0.1) is 23.0 Å². The van der Waals surface area contributed by atoms with Gasteiger partial charge in [0.2, 0.25) is 0 Å². The number of nitrogens with zero attached hydrogens (tertiary/aromatic N) is 2. The van der Waals surface area contributed by atoms with Crippen LogP contribution in [-0.2, 0) is 0 Å². The summed E-state index contributed by atoms with van der Waals surface area (Å²) in [4.78, 5) is 14.9. The third-order valence-electron chi connectivity index (χ3n) is 3.81. The Morgan fingerprint density at radius 1 is 1.48 bits per heavy atom. The number of nitrogens with one attached hydrogen (secondary N) is 1. The Kier molecular flexibility index (Phi) is 3.70. The zero-order chi connectivity index (χ0) is 14.8. The van der Waals surface area contributed by atoms with Crippen LogP contribution in [-0.4, -0.2) is 29.6 Å². The van der Waals surface area contributed by atoms with Gasteiger partial charge in [-0.1, -0.05) is 0 Å². The molecule has 0 amide bonds. The van der Waals surface area contributed by atoms with Crippen molar-refractivity contribution >= 4 is 16.5 Å². The second-order valence-electron chi connectivity index (χ2n) is 5.38. The van der Waals surface area contributed by atoms with Gasteiger partial charge in [-0.15, -0.1) is 0 Å². The molecule has 0 aliphatic carbocycles. The molecule has 3 rings (SSSR count). The normalized spacial score (nSPS) is 18.0. The number of nitro groups is 1. The monoisotopic (exact) mass is 287 g/mol. The molecule has 1 saturated heterocycles. The van der Waals surface area contributed by atoms with Gasteiger partial charge < -0.3 is 10.1 Å². The van der Waals surface area contributed by atoms with E-state index in [9.17, 15) is 10.1 Å². The number of aryl methyl sites for hydroxylation is 1. The first-order chi connectivity index (χ1) is 10.1. The fraction of sp³-hybridized carbons (Fsp3) is 0.400. The Morgan fingerprint density at radius 2 is 2.33 bits per heavy atom. The molecule has 1 N–H and O–H groups in total. The van der Waals surface area contributed by atoms with E-state index in [4.69, 9.17) is 4.74 Å². The van der Waals surface area contributed by atoms with Gasteiger partial charge in [-0.2, -0.15) is 0 Å². The van der Waals surface area contributed by atoms with Gasteiger partial charge >= 0.3 is 0 Å². The summed E-state index contributed by atoms with van der Waals surface area (Å²) >= 11 is 0. The predicted molar refractivity (Wildman–Crippen MR) is 79.6 cm³/mol. The number of non-ortho nitro benzene ring substituents is 1. The molecule has 0 saturated carbocycles. The quantitative estimate of drug-likeness (QED) is 0.690. The van der Waals surface area contributed by atoms with E-state index in [1.807, 2.05) is 13.0 Å². The Bertz CT molecular complexity index is 681. The van der Waals surface area contributed by atoms with Crippen LogP contribution in [0.5, 0.6) is 5.75 Å². The Morgan fingerprint density at radius 3 is 3.05 bits per heavy atom. The fourth-order valence-electron chi connectivity index (χ4n) is 2.65. The van der Waals surface area contributed by atoms with Crippen LogP contribution in [0.3, 0.4) is 0 Å². The topological polar surface area (TPSA) is 77.3 Å². The van der Waals surface area contributed by atoms with Crippen LogP contribution in [0.1, 0.15) is 12.1 Å². The molecule has 0 spiro atoms. The molecular formula is C15H17N3O3.